The van der Waals surface area contributed by atoms with Gasteiger partial charge in [0.1, 0.15) is 0 Å². The van der Waals surface area contributed by atoms with E-state index < -0.39 is 0 Å². The van der Waals surface area contributed by atoms with E-state index in [2.05, 4.69) is 64.2 Å². The van der Waals surface area contributed by atoms with Crippen LogP contribution in [0.15, 0.2) is 24.3 Å². The van der Waals surface area contributed by atoms with Crippen molar-refractivity contribution in [2.24, 2.45) is 5.92 Å². The third-order valence-corrected chi connectivity index (χ3v) is 2.80. The zero-order chi connectivity index (χ0) is 12.2. The normalized spacial score (nSPS) is 11.9. The van der Waals surface area contributed by atoms with Crippen LogP contribution in [0.4, 0.5) is 5.69 Å². The van der Waals surface area contributed by atoms with Gasteiger partial charge >= 0.3 is 0 Å². The van der Waals surface area contributed by atoms with Crippen molar-refractivity contribution in [1.29, 1.82) is 0 Å². The fraction of sp³-hybridized carbons (Fsp3) is 0.600. The van der Waals surface area contributed by atoms with Crippen molar-refractivity contribution in [3.05, 3.63) is 29.8 Å². The minimum absolute atomic E-state index is 0.246. The first-order chi connectivity index (χ1) is 7.39. The lowest BCUT2D eigenvalue weighted by atomic mass is 9.87. The third-order valence-electron chi connectivity index (χ3n) is 2.80. The molecule has 16 heavy (non-hydrogen) atoms. The quantitative estimate of drug-likeness (QED) is 0.789. The lowest BCUT2D eigenvalue weighted by Gasteiger charge is -2.19. The molecule has 0 fully saturated rings. The molecule has 0 saturated carbocycles. The summed E-state index contributed by atoms with van der Waals surface area (Å²) in [6, 6.07) is 8.80. The van der Waals surface area contributed by atoms with Gasteiger partial charge in [0.15, 0.2) is 0 Å². The molecule has 1 heteroatoms. The van der Waals surface area contributed by atoms with Gasteiger partial charge in [0, 0.05) is 12.2 Å². The van der Waals surface area contributed by atoms with Gasteiger partial charge in [0.2, 0.25) is 0 Å². The smallest absolute Gasteiger partial charge is 0.0340 e. The fourth-order valence-electron chi connectivity index (χ4n) is 1.59. The molecule has 0 amide bonds. The Morgan fingerprint density at radius 1 is 1.06 bits per heavy atom. The molecule has 1 aromatic rings. The summed E-state index contributed by atoms with van der Waals surface area (Å²) in [6.45, 7) is 12.3. The SMILES string of the molecule is CC(C)CCNc1ccc(C(C)(C)C)cc1. The van der Waals surface area contributed by atoms with Crippen molar-refractivity contribution < 1.29 is 0 Å². The molecule has 0 saturated heterocycles. The Hall–Kier alpha value is -0.980. The molecular weight excluding hydrogens is 194 g/mol. The van der Waals surface area contributed by atoms with Crippen LogP contribution < -0.4 is 5.32 Å². The average molecular weight is 219 g/mol. The Labute approximate surface area is 100 Å². The van der Waals surface area contributed by atoms with Crippen molar-refractivity contribution in [1.82, 2.24) is 0 Å². The van der Waals surface area contributed by atoms with E-state index in [1.54, 1.807) is 0 Å². The number of anilines is 1. The zero-order valence-electron chi connectivity index (χ0n) is 11.3. The second kappa shape index (κ2) is 5.38. The second-order valence-corrected chi connectivity index (χ2v) is 5.94. The molecule has 0 aromatic heterocycles. The van der Waals surface area contributed by atoms with Crippen LogP contribution >= 0.6 is 0 Å². The van der Waals surface area contributed by atoms with Crippen molar-refractivity contribution in [3.8, 4) is 0 Å². The molecular formula is C15H25N. The summed E-state index contributed by atoms with van der Waals surface area (Å²) in [4.78, 5) is 0. The monoisotopic (exact) mass is 219 g/mol. The van der Waals surface area contributed by atoms with Crippen LogP contribution in [-0.4, -0.2) is 6.54 Å². The Kier molecular flexibility index (Phi) is 4.40. The van der Waals surface area contributed by atoms with Gasteiger partial charge in [-0.3, -0.25) is 0 Å². The number of hydrogen-bond donors (Lipinski definition) is 1. The van der Waals surface area contributed by atoms with Gasteiger partial charge in [-0.2, -0.15) is 0 Å². The highest BCUT2D eigenvalue weighted by atomic mass is 14.9. The van der Waals surface area contributed by atoms with Crippen LogP contribution in [-0.2, 0) is 5.41 Å². The standard InChI is InChI=1S/C15H25N/c1-12(2)10-11-16-14-8-6-13(7-9-14)15(3,4)5/h6-9,12,16H,10-11H2,1-5H3. The maximum Gasteiger partial charge on any atom is 0.0340 e. The molecule has 0 aliphatic rings. The molecule has 0 aliphatic carbocycles. The van der Waals surface area contributed by atoms with Crippen LogP contribution in [0.5, 0.6) is 0 Å². The lowest BCUT2D eigenvalue weighted by molar-refractivity contribution is 0.590. The van der Waals surface area contributed by atoms with Gasteiger partial charge in [0.25, 0.3) is 0 Å². The molecule has 1 nitrogen and oxygen atoms in total. The number of nitrogens with one attached hydrogen (secondary N) is 1. The predicted octanol–water partition coefficient (Wildman–Crippen LogP) is 4.44. The first kappa shape index (κ1) is 13.1. The summed E-state index contributed by atoms with van der Waals surface area (Å²) in [7, 11) is 0. The molecule has 1 N–H and O–H groups in total. The molecule has 0 heterocycles. The van der Waals surface area contributed by atoms with Crippen molar-refractivity contribution in [2.45, 2.75) is 46.5 Å². The van der Waals surface area contributed by atoms with E-state index in [1.807, 2.05) is 0 Å². The first-order valence-corrected chi connectivity index (χ1v) is 6.24. The Balaban J connectivity index is 2.52. The minimum Gasteiger partial charge on any atom is -0.385 e. The highest BCUT2D eigenvalue weighted by molar-refractivity contribution is 5.45. The van der Waals surface area contributed by atoms with Crippen LogP contribution in [0.1, 0.15) is 46.6 Å². The minimum atomic E-state index is 0.246. The molecule has 0 bridgehead atoms. The van der Waals surface area contributed by atoms with Crippen molar-refractivity contribution >= 4 is 5.69 Å². The van der Waals surface area contributed by atoms with Crippen LogP contribution in [0.2, 0.25) is 0 Å². The van der Waals surface area contributed by atoms with E-state index >= 15 is 0 Å². The molecule has 0 spiro atoms. The number of rotatable bonds is 4. The largest absolute Gasteiger partial charge is 0.385 e. The highest BCUT2D eigenvalue weighted by Crippen LogP contribution is 2.23. The third kappa shape index (κ3) is 4.26. The van der Waals surface area contributed by atoms with Gasteiger partial charge < -0.3 is 5.32 Å². The topological polar surface area (TPSA) is 12.0 Å². The molecule has 1 aromatic carbocycles. The van der Waals surface area contributed by atoms with E-state index in [0.29, 0.717) is 0 Å². The summed E-state index contributed by atoms with van der Waals surface area (Å²) in [5, 5.41) is 3.45. The van der Waals surface area contributed by atoms with Gasteiger partial charge in [-0.15, -0.1) is 0 Å². The summed E-state index contributed by atoms with van der Waals surface area (Å²) < 4.78 is 0. The van der Waals surface area contributed by atoms with Crippen molar-refractivity contribution in [2.75, 3.05) is 11.9 Å². The number of benzene rings is 1. The van der Waals surface area contributed by atoms with E-state index in [4.69, 9.17) is 0 Å². The Morgan fingerprint density at radius 2 is 1.62 bits per heavy atom. The van der Waals surface area contributed by atoms with Gasteiger partial charge in [-0.25, -0.2) is 0 Å². The van der Waals surface area contributed by atoms with Crippen molar-refractivity contribution in [3.63, 3.8) is 0 Å². The number of hydrogen-bond acceptors (Lipinski definition) is 1. The van der Waals surface area contributed by atoms with Gasteiger partial charge in [-0.05, 0) is 35.4 Å². The second-order valence-electron chi connectivity index (χ2n) is 5.94. The predicted molar refractivity (Wildman–Crippen MR) is 73.1 cm³/mol. The molecule has 0 atom stereocenters. The Morgan fingerprint density at radius 3 is 2.06 bits per heavy atom. The molecule has 90 valence electrons. The summed E-state index contributed by atoms with van der Waals surface area (Å²) in [6.07, 6.45) is 1.22. The zero-order valence-corrected chi connectivity index (χ0v) is 11.3. The van der Waals surface area contributed by atoms with Crippen LogP contribution in [0.3, 0.4) is 0 Å². The summed E-state index contributed by atoms with van der Waals surface area (Å²) in [5.41, 5.74) is 2.87. The molecule has 0 unspecified atom stereocenters. The maximum absolute atomic E-state index is 3.45. The maximum atomic E-state index is 3.45. The van der Waals surface area contributed by atoms with E-state index in [0.717, 1.165) is 12.5 Å². The average Bonchev–Trinajstić information content (AvgIpc) is 2.16. The fourth-order valence-corrected chi connectivity index (χ4v) is 1.59. The van der Waals surface area contributed by atoms with Crippen LogP contribution in [0, 0.1) is 5.92 Å². The first-order valence-electron chi connectivity index (χ1n) is 6.24. The van der Waals surface area contributed by atoms with E-state index in [1.165, 1.54) is 17.7 Å². The molecule has 0 aliphatic heterocycles. The highest BCUT2D eigenvalue weighted by Gasteiger charge is 2.12. The van der Waals surface area contributed by atoms with E-state index in [-0.39, 0.29) is 5.41 Å². The molecule has 1 rings (SSSR count). The molecule has 0 radical (unpaired) electrons. The lowest BCUT2D eigenvalue weighted by Crippen LogP contribution is -2.11. The van der Waals surface area contributed by atoms with Gasteiger partial charge in [-0.1, -0.05) is 46.8 Å². The van der Waals surface area contributed by atoms with Crippen LogP contribution in [0.25, 0.3) is 0 Å². The Bertz CT molecular complexity index is 303. The summed E-state index contributed by atoms with van der Waals surface area (Å²) >= 11 is 0. The van der Waals surface area contributed by atoms with E-state index in [9.17, 15) is 0 Å². The summed E-state index contributed by atoms with van der Waals surface area (Å²) in [5.74, 6) is 0.765. The van der Waals surface area contributed by atoms with Gasteiger partial charge in [0.05, 0.1) is 0 Å².